The second kappa shape index (κ2) is 10.8. The Labute approximate surface area is 207 Å². The molecule has 3 aromatic carbocycles. The highest BCUT2D eigenvalue weighted by Gasteiger charge is 2.26. The lowest BCUT2D eigenvalue weighted by molar-refractivity contribution is -0.384. The molecule has 0 aliphatic rings. The minimum atomic E-state index is -3.58. The first-order chi connectivity index (χ1) is 16.8. The Morgan fingerprint density at radius 1 is 0.943 bits per heavy atom. The van der Waals surface area contributed by atoms with E-state index in [2.05, 4.69) is 14.9 Å². The summed E-state index contributed by atoms with van der Waals surface area (Å²) in [6.45, 7) is 0. The number of nitrogens with one attached hydrogen (secondary N) is 1. The molecule has 0 aliphatic carbocycles. The molecule has 4 rings (SSSR count). The van der Waals surface area contributed by atoms with Gasteiger partial charge in [0.25, 0.3) is 5.69 Å². The van der Waals surface area contributed by atoms with E-state index in [-0.39, 0.29) is 5.69 Å². The molecule has 1 heterocycles. The van der Waals surface area contributed by atoms with Gasteiger partial charge in [0.05, 0.1) is 17.2 Å². The molecule has 0 amide bonds. The number of sulfonamides is 1. The van der Waals surface area contributed by atoms with Crippen LogP contribution in [0.5, 0.6) is 0 Å². The summed E-state index contributed by atoms with van der Waals surface area (Å²) in [7, 11) is -3.58. The zero-order valence-electron chi connectivity index (χ0n) is 18.8. The molecule has 1 unspecified atom stereocenters. The van der Waals surface area contributed by atoms with Crippen molar-refractivity contribution in [2.45, 2.75) is 23.4 Å². The Hall–Kier alpha value is -3.54. The first-order valence-corrected chi connectivity index (χ1v) is 13.6. The van der Waals surface area contributed by atoms with Crippen molar-refractivity contribution < 1.29 is 13.3 Å². The van der Waals surface area contributed by atoms with Gasteiger partial charge in [0.1, 0.15) is 0 Å². The predicted octanol–water partition coefficient (Wildman–Crippen LogP) is 4.30. The molecule has 9 nitrogen and oxygen atoms in total. The van der Waals surface area contributed by atoms with Crippen molar-refractivity contribution in [1.29, 1.82) is 0 Å². The van der Waals surface area contributed by atoms with Crippen LogP contribution in [-0.2, 0) is 22.2 Å². The molecule has 11 heteroatoms. The molecule has 35 heavy (non-hydrogen) atoms. The average Bonchev–Trinajstić information content (AvgIpc) is 3.27. The molecule has 0 spiro atoms. The van der Waals surface area contributed by atoms with Gasteiger partial charge in [-0.25, -0.2) is 13.1 Å². The van der Waals surface area contributed by atoms with Gasteiger partial charge in [-0.2, -0.15) is 0 Å². The Morgan fingerprint density at radius 3 is 2.11 bits per heavy atom. The highest BCUT2D eigenvalue weighted by atomic mass is 32.2. The van der Waals surface area contributed by atoms with Crippen molar-refractivity contribution in [3.63, 3.8) is 0 Å². The van der Waals surface area contributed by atoms with Gasteiger partial charge in [-0.05, 0) is 29.7 Å². The van der Waals surface area contributed by atoms with E-state index in [9.17, 15) is 18.5 Å². The molecule has 0 aliphatic heterocycles. The molecule has 0 saturated heterocycles. The van der Waals surface area contributed by atoms with Crippen molar-refractivity contribution in [1.82, 2.24) is 19.5 Å². The van der Waals surface area contributed by atoms with Crippen LogP contribution in [0.4, 0.5) is 5.69 Å². The van der Waals surface area contributed by atoms with Crippen molar-refractivity contribution in [3.05, 3.63) is 112 Å². The van der Waals surface area contributed by atoms with E-state index >= 15 is 0 Å². The lowest BCUT2D eigenvalue weighted by Gasteiger charge is -2.19. The molecule has 0 fully saturated rings. The minimum Gasteiger partial charge on any atom is -0.273 e. The topological polar surface area (TPSA) is 120 Å². The zero-order valence-corrected chi connectivity index (χ0v) is 20.4. The smallest absolute Gasteiger partial charge is 0.269 e. The fourth-order valence-electron chi connectivity index (χ4n) is 3.58. The van der Waals surface area contributed by atoms with Gasteiger partial charge >= 0.3 is 0 Å². The first-order valence-electron chi connectivity index (χ1n) is 10.7. The summed E-state index contributed by atoms with van der Waals surface area (Å²) in [5.74, 6) is 1.01. The van der Waals surface area contributed by atoms with Crippen molar-refractivity contribution >= 4 is 27.5 Å². The summed E-state index contributed by atoms with van der Waals surface area (Å²) in [6, 6.07) is 24.7. The van der Waals surface area contributed by atoms with Crippen LogP contribution < -0.4 is 4.72 Å². The molecule has 0 saturated carbocycles. The molecular weight excluding hydrogens is 486 g/mol. The number of nitrogens with zero attached hydrogens (tertiary/aromatic N) is 4. The number of nitro benzene ring substituents is 1. The quantitative estimate of drug-likeness (QED) is 0.192. The van der Waals surface area contributed by atoms with Gasteiger partial charge in [0, 0.05) is 23.6 Å². The van der Waals surface area contributed by atoms with Crippen LogP contribution in [0.25, 0.3) is 5.69 Å². The number of aromatic nitrogens is 3. The Bertz CT molecular complexity index is 1390. The summed E-state index contributed by atoms with van der Waals surface area (Å²) in [5.41, 5.74) is 2.56. The van der Waals surface area contributed by atoms with E-state index in [1.54, 1.807) is 16.7 Å². The standard InChI is InChI=1S/C24H23N5O4S2/c1-35(32,33)27-22(16-18-8-4-2-5-9-18)23-25-26-24(34-17-19-10-6-3-7-11-19)28(23)20-12-14-21(15-13-20)29(30)31/h2-15,22,27H,16-17H2,1H3. The number of thioether (sulfide) groups is 1. The van der Waals surface area contributed by atoms with Gasteiger partial charge in [-0.15, -0.1) is 10.2 Å². The van der Waals surface area contributed by atoms with Crippen LogP contribution in [0.1, 0.15) is 23.0 Å². The number of hydrogen-bond donors (Lipinski definition) is 1. The number of rotatable bonds is 10. The molecule has 4 aromatic rings. The molecule has 180 valence electrons. The first kappa shape index (κ1) is 24.6. The van der Waals surface area contributed by atoms with E-state index < -0.39 is 21.0 Å². The number of non-ortho nitro benzene ring substituents is 1. The van der Waals surface area contributed by atoms with Gasteiger partial charge in [-0.1, -0.05) is 72.4 Å². The van der Waals surface area contributed by atoms with Crippen LogP contribution in [0.15, 0.2) is 90.1 Å². The molecular formula is C24H23N5O4S2. The summed E-state index contributed by atoms with van der Waals surface area (Å²) >= 11 is 1.45. The van der Waals surface area contributed by atoms with Crippen molar-refractivity contribution in [2.75, 3.05) is 6.26 Å². The van der Waals surface area contributed by atoms with Crippen molar-refractivity contribution in [2.24, 2.45) is 0 Å². The van der Waals surface area contributed by atoms with Crippen molar-refractivity contribution in [3.8, 4) is 5.69 Å². The zero-order chi connectivity index (χ0) is 24.8. The largest absolute Gasteiger partial charge is 0.273 e. The maximum atomic E-state index is 12.2. The number of nitro groups is 1. The minimum absolute atomic E-state index is 0.0445. The van der Waals surface area contributed by atoms with Crippen LogP contribution in [0.2, 0.25) is 0 Å². The lowest BCUT2D eigenvalue weighted by atomic mass is 10.1. The maximum absolute atomic E-state index is 12.2. The fraction of sp³-hybridized carbons (Fsp3) is 0.167. The lowest BCUT2D eigenvalue weighted by Crippen LogP contribution is -2.31. The molecule has 1 aromatic heterocycles. The second-order valence-electron chi connectivity index (χ2n) is 7.86. The van der Waals surface area contributed by atoms with Gasteiger partial charge < -0.3 is 0 Å². The number of hydrogen-bond acceptors (Lipinski definition) is 7. The third-order valence-corrected chi connectivity index (χ3v) is 6.85. The third kappa shape index (κ3) is 6.53. The van der Waals surface area contributed by atoms with Gasteiger partial charge in [0.15, 0.2) is 11.0 Å². The van der Waals surface area contributed by atoms with Crippen LogP contribution in [-0.4, -0.2) is 34.4 Å². The summed E-state index contributed by atoms with van der Waals surface area (Å²) in [5, 5.41) is 20.4. The maximum Gasteiger partial charge on any atom is 0.269 e. The van der Waals surface area contributed by atoms with E-state index in [1.807, 2.05) is 60.7 Å². The third-order valence-electron chi connectivity index (χ3n) is 5.14. The van der Waals surface area contributed by atoms with E-state index in [1.165, 1.54) is 23.9 Å². The Morgan fingerprint density at radius 2 is 1.54 bits per heavy atom. The van der Waals surface area contributed by atoms with Crippen LogP contribution in [0, 0.1) is 10.1 Å². The molecule has 0 bridgehead atoms. The fourth-order valence-corrected chi connectivity index (χ4v) is 5.20. The normalized spacial score (nSPS) is 12.4. The van der Waals surface area contributed by atoms with Gasteiger partial charge in [-0.3, -0.25) is 14.7 Å². The summed E-state index contributed by atoms with van der Waals surface area (Å²) in [4.78, 5) is 10.7. The predicted molar refractivity (Wildman–Crippen MR) is 135 cm³/mol. The highest BCUT2D eigenvalue weighted by Crippen LogP contribution is 2.30. The van der Waals surface area contributed by atoms with Crippen LogP contribution in [0.3, 0.4) is 0 Å². The van der Waals surface area contributed by atoms with E-state index in [0.717, 1.165) is 17.4 Å². The number of benzene rings is 3. The summed E-state index contributed by atoms with van der Waals surface area (Å²) < 4.78 is 28.9. The summed E-state index contributed by atoms with van der Waals surface area (Å²) in [6.07, 6.45) is 1.45. The molecule has 1 N–H and O–H groups in total. The van der Waals surface area contributed by atoms with Crippen LogP contribution >= 0.6 is 11.8 Å². The molecule has 1 atom stereocenters. The van der Waals surface area contributed by atoms with E-state index in [4.69, 9.17) is 0 Å². The monoisotopic (exact) mass is 509 g/mol. The van der Waals surface area contributed by atoms with Gasteiger partial charge in [0.2, 0.25) is 10.0 Å². The SMILES string of the molecule is CS(=O)(=O)NC(Cc1ccccc1)c1nnc(SCc2ccccc2)n1-c1ccc([N+](=O)[O-])cc1. The Balaban J connectivity index is 1.77. The second-order valence-corrected chi connectivity index (χ2v) is 10.6. The average molecular weight is 510 g/mol. The highest BCUT2D eigenvalue weighted by molar-refractivity contribution is 7.98. The molecule has 0 radical (unpaired) electrons. The van der Waals surface area contributed by atoms with E-state index in [0.29, 0.717) is 28.8 Å². The Kier molecular flexibility index (Phi) is 7.59.